The van der Waals surface area contributed by atoms with Gasteiger partial charge in [0.1, 0.15) is 11.5 Å². The summed E-state index contributed by atoms with van der Waals surface area (Å²) in [6.45, 7) is 2.62. The molecule has 4 rings (SSSR count). The minimum atomic E-state index is 0.641. The van der Waals surface area contributed by atoms with Crippen LogP contribution in [0.25, 0.3) is 0 Å². The van der Waals surface area contributed by atoms with Gasteiger partial charge in [-0.1, -0.05) is 44.0 Å². The van der Waals surface area contributed by atoms with E-state index in [0.29, 0.717) is 12.4 Å². The van der Waals surface area contributed by atoms with E-state index >= 15 is 0 Å². The molecule has 6 heteroatoms. The van der Waals surface area contributed by atoms with E-state index in [0.717, 1.165) is 42.8 Å². The average Bonchev–Trinajstić information content (AvgIpc) is 2.89. The Labute approximate surface area is 180 Å². The van der Waals surface area contributed by atoms with Crippen molar-refractivity contribution in [2.24, 2.45) is 10.1 Å². The predicted molar refractivity (Wildman–Crippen MR) is 121 cm³/mol. The highest BCUT2D eigenvalue weighted by Crippen LogP contribution is 2.29. The summed E-state index contributed by atoms with van der Waals surface area (Å²) in [5.41, 5.74) is 7.75. The second-order valence-electron chi connectivity index (χ2n) is 6.16. The third-order valence-corrected chi connectivity index (χ3v) is 5.30. The second-order valence-corrected chi connectivity index (χ2v) is 7.99. The number of nitrogens with zero attached hydrogens (tertiary/aromatic N) is 2. The molecule has 0 aliphatic carbocycles. The molecule has 0 saturated heterocycles. The van der Waals surface area contributed by atoms with Crippen molar-refractivity contribution < 1.29 is 4.74 Å². The zero-order valence-corrected chi connectivity index (χ0v) is 18.3. The molecule has 0 saturated carbocycles. The van der Waals surface area contributed by atoms with Crippen LogP contribution >= 0.6 is 31.9 Å². The Bertz CT molecular complexity index is 1060. The maximum atomic E-state index is 5.56. The Hall–Kier alpha value is -2.44. The number of rotatable bonds is 4. The van der Waals surface area contributed by atoms with E-state index in [1.807, 2.05) is 73.7 Å². The SMILES string of the molecule is CCOc1ccc(C2=NNC(c3ccc(Br)cc3)=Nc3ccc(Br)cc32)cc1. The van der Waals surface area contributed by atoms with Crippen LogP contribution in [0.3, 0.4) is 0 Å². The van der Waals surface area contributed by atoms with Crippen molar-refractivity contribution in [3.8, 4) is 5.75 Å². The van der Waals surface area contributed by atoms with Gasteiger partial charge < -0.3 is 4.74 Å². The topological polar surface area (TPSA) is 46.0 Å². The molecule has 1 N–H and O–H groups in total. The summed E-state index contributed by atoms with van der Waals surface area (Å²) in [6, 6.07) is 22.0. The van der Waals surface area contributed by atoms with Crippen molar-refractivity contribution >= 4 is 49.1 Å². The first-order valence-electron chi connectivity index (χ1n) is 8.85. The van der Waals surface area contributed by atoms with Gasteiger partial charge in [0.05, 0.1) is 12.3 Å². The van der Waals surface area contributed by atoms with Gasteiger partial charge in [-0.25, -0.2) is 4.99 Å². The van der Waals surface area contributed by atoms with Gasteiger partial charge in [0, 0.05) is 25.6 Å². The Balaban J connectivity index is 1.79. The van der Waals surface area contributed by atoms with E-state index in [-0.39, 0.29) is 0 Å². The highest BCUT2D eigenvalue weighted by Gasteiger charge is 2.17. The molecular formula is C22H17Br2N3O. The van der Waals surface area contributed by atoms with E-state index in [4.69, 9.17) is 14.8 Å². The molecule has 0 radical (unpaired) electrons. The highest BCUT2D eigenvalue weighted by atomic mass is 79.9. The first-order valence-corrected chi connectivity index (χ1v) is 10.4. The molecule has 0 aromatic heterocycles. The quantitative estimate of drug-likeness (QED) is 0.476. The number of fused-ring (bicyclic) bond motifs is 1. The molecule has 0 unspecified atom stereocenters. The Kier molecular flexibility index (Phi) is 5.59. The fourth-order valence-corrected chi connectivity index (χ4v) is 3.57. The Morgan fingerprint density at radius 2 is 1.54 bits per heavy atom. The monoisotopic (exact) mass is 497 g/mol. The molecule has 0 spiro atoms. The first kappa shape index (κ1) is 18.9. The predicted octanol–water partition coefficient (Wildman–Crippen LogP) is 6.04. The zero-order chi connectivity index (χ0) is 19.5. The van der Waals surface area contributed by atoms with Gasteiger partial charge in [0.15, 0.2) is 5.84 Å². The molecule has 3 aromatic rings. The normalized spacial score (nSPS) is 13.0. The number of hydrogen-bond donors (Lipinski definition) is 1. The second kappa shape index (κ2) is 8.29. The minimum Gasteiger partial charge on any atom is -0.494 e. The number of nitrogens with one attached hydrogen (secondary N) is 1. The summed E-state index contributed by atoms with van der Waals surface area (Å²) in [6.07, 6.45) is 0. The third kappa shape index (κ3) is 4.03. The van der Waals surface area contributed by atoms with E-state index in [9.17, 15) is 0 Å². The van der Waals surface area contributed by atoms with Crippen LogP contribution in [0.4, 0.5) is 5.69 Å². The van der Waals surface area contributed by atoms with Crippen molar-refractivity contribution in [2.45, 2.75) is 6.92 Å². The number of ether oxygens (including phenoxy) is 1. The summed E-state index contributed by atoms with van der Waals surface area (Å²) in [5.74, 6) is 1.55. The van der Waals surface area contributed by atoms with Crippen LogP contribution in [0, 0.1) is 0 Å². The van der Waals surface area contributed by atoms with Crippen LogP contribution in [0.15, 0.2) is 85.8 Å². The lowest BCUT2D eigenvalue weighted by Crippen LogP contribution is -2.19. The molecule has 4 nitrogen and oxygen atoms in total. The van der Waals surface area contributed by atoms with Gasteiger partial charge >= 0.3 is 0 Å². The molecule has 1 aliphatic heterocycles. The number of aliphatic imine (C=N–C) groups is 1. The smallest absolute Gasteiger partial charge is 0.154 e. The maximum absolute atomic E-state index is 5.56. The van der Waals surface area contributed by atoms with Crippen molar-refractivity contribution in [3.63, 3.8) is 0 Å². The van der Waals surface area contributed by atoms with Crippen molar-refractivity contribution in [1.82, 2.24) is 5.43 Å². The molecule has 1 heterocycles. The van der Waals surface area contributed by atoms with Gasteiger partial charge in [0.2, 0.25) is 0 Å². The molecule has 0 amide bonds. The zero-order valence-electron chi connectivity index (χ0n) is 15.1. The number of hydrogen-bond acceptors (Lipinski definition) is 4. The molecule has 0 bridgehead atoms. The van der Waals surface area contributed by atoms with Crippen molar-refractivity contribution in [2.75, 3.05) is 6.61 Å². The van der Waals surface area contributed by atoms with Crippen molar-refractivity contribution in [1.29, 1.82) is 0 Å². The number of benzene rings is 3. The molecule has 140 valence electrons. The fraction of sp³-hybridized carbons (Fsp3) is 0.0909. The summed E-state index contributed by atoms with van der Waals surface area (Å²) >= 11 is 7.04. The molecule has 1 aliphatic rings. The lowest BCUT2D eigenvalue weighted by atomic mass is 10.0. The molecule has 0 atom stereocenters. The average molecular weight is 499 g/mol. The summed E-state index contributed by atoms with van der Waals surface area (Å²) in [4.78, 5) is 4.83. The summed E-state index contributed by atoms with van der Waals surface area (Å²) in [5, 5.41) is 4.69. The first-order chi connectivity index (χ1) is 13.6. The lowest BCUT2D eigenvalue weighted by molar-refractivity contribution is 0.340. The largest absolute Gasteiger partial charge is 0.494 e. The number of amidine groups is 1. The Morgan fingerprint density at radius 3 is 2.25 bits per heavy atom. The van der Waals surface area contributed by atoms with Crippen LogP contribution in [-0.2, 0) is 0 Å². The van der Waals surface area contributed by atoms with Crippen LogP contribution in [0.5, 0.6) is 5.75 Å². The van der Waals surface area contributed by atoms with E-state index < -0.39 is 0 Å². The third-order valence-electron chi connectivity index (χ3n) is 4.28. The maximum Gasteiger partial charge on any atom is 0.154 e. The number of hydrazone groups is 1. The minimum absolute atomic E-state index is 0.641. The van der Waals surface area contributed by atoms with Crippen LogP contribution < -0.4 is 10.2 Å². The molecule has 0 fully saturated rings. The molecule has 28 heavy (non-hydrogen) atoms. The highest BCUT2D eigenvalue weighted by molar-refractivity contribution is 9.10. The number of halogens is 2. The van der Waals surface area contributed by atoms with Gasteiger partial charge in [-0.3, -0.25) is 5.43 Å². The van der Waals surface area contributed by atoms with E-state index in [1.165, 1.54) is 0 Å². The van der Waals surface area contributed by atoms with Crippen LogP contribution in [-0.4, -0.2) is 18.2 Å². The van der Waals surface area contributed by atoms with Crippen LogP contribution in [0.1, 0.15) is 23.6 Å². The van der Waals surface area contributed by atoms with Crippen LogP contribution in [0.2, 0.25) is 0 Å². The summed E-state index contributed by atoms with van der Waals surface area (Å²) < 4.78 is 7.56. The summed E-state index contributed by atoms with van der Waals surface area (Å²) in [7, 11) is 0. The van der Waals surface area contributed by atoms with Gasteiger partial charge in [-0.05, 0) is 61.5 Å². The van der Waals surface area contributed by atoms with Gasteiger partial charge in [-0.15, -0.1) is 0 Å². The molecular weight excluding hydrogens is 482 g/mol. The van der Waals surface area contributed by atoms with Crippen molar-refractivity contribution in [3.05, 3.63) is 92.4 Å². The fourth-order valence-electron chi connectivity index (χ4n) is 2.94. The Morgan fingerprint density at radius 1 is 0.857 bits per heavy atom. The van der Waals surface area contributed by atoms with Gasteiger partial charge in [0.25, 0.3) is 0 Å². The van der Waals surface area contributed by atoms with E-state index in [2.05, 4.69) is 37.3 Å². The lowest BCUT2D eigenvalue weighted by Gasteiger charge is -2.09. The van der Waals surface area contributed by atoms with E-state index in [1.54, 1.807) is 0 Å². The molecule has 3 aromatic carbocycles. The standard InChI is InChI=1S/C22H17Br2N3O/c1-2-28-18-10-5-14(6-11-18)21-19-13-17(24)9-12-20(19)25-22(27-26-21)15-3-7-16(23)8-4-15/h3-13H,2H2,1H3,(H,25,27). The van der Waals surface area contributed by atoms with Gasteiger partial charge in [-0.2, -0.15) is 5.10 Å².